The number of carbonyl (C=O) groups excluding carboxylic acids is 2. The van der Waals surface area contributed by atoms with E-state index in [-0.39, 0.29) is 23.8 Å². The third kappa shape index (κ3) is 3.35. The van der Waals surface area contributed by atoms with Crippen LogP contribution in [0.25, 0.3) is 0 Å². The van der Waals surface area contributed by atoms with Crippen LogP contribution in [0.3, 0.4) is 0 Å². The Balaban J connectivity index is 1.70. The van der Waals surface area contributed by atoms with Crippen LogP contribution < -0.4 is 5.32 Å². The van der Waals surface area contributed by atoms with E-state index in [9.17, 15) is 9.59 Å². The van der Waals surface area contributed by atoms with Crippen LogP contribution in [0.2, 0.25) is 0 Å². The molecular formula is C17H21BrN4O3. The van der Waals surface area contributed by atoms with Gasteiger partial charge in [-0.1, -0.05) is 6.92 Å². The number of nitrogens with one attached hydrogen (secondary N) is 1. The van der Waals surface area contributed by atoms with Crippen molar-refractivity contribution in [3.8, 4) is 0 Å². The van der Waals surface area contributed by atoms with Crippen molar-refractivity contribution in [2.24, 2.45) is 5.92 Å². The first kappa shape index (κ1) is 17.7. The Morgan fingerprint density at radius 1 is 1.44 bits per heavy atom. The molecule has 0 saturated carbocycles. The number of hydrogen-bond donors (Lipinski definition) is 1. The minimum absolute atomic E-state index is 0.112. The number of nitrogens with zero attached hydrogens (tertiary/aromatic N) is 3. The maximum atomic E-state index is 12.6. The van der Waals surface area contributed by atoms with Crippen molar-refractivity contribution in [1.29, 1.82) is 0 Å². The lowest BCUT2D eigenvalue weighted by Gasteiger charge is -2.17. The lowest BCUT2D eigenvalue weighted by Crippen LogP contribution is -2.41. The predicted molar refractivity (Wildman–Crippen MR) is 95.4 cm³/mol. The molecule has 2 aromatic heterocycles. The van der Waals surface area contributed by atoms with Gasteiger partial charge in [-0.2, -0.15) is 5.10 Å². The van der Waals surface area contributed by atoms with E-state index in [0.717, 1.165) is 5.56 Å². The SMILES string of the molecule is CCn1ncc(Br)c1C(=O)N[C@H]1CN(C(=O)c2occc2C)C[C@H]1C. The molecule has 2 amide bonds. The number of furan rings is 1. The van der Waals surface area contributed by atoms with Gasteiger partial charge in [-0.05, 0) is 41.8 Å². The summed E-state index contributed by atoms with van der Waals surface area (Å²) in [5.41, 5.74) is 1.32. The van der Waals surface area contributed by atoms with E-state index in [0.29, 0.717) is 35.6 Å². The number of amides is 2. The van der Waals surface area contributed by atoms with Crippen molar-refractivity contribution in [2.45, 2.75) is 33.4 Å². The maximum Gasteiger partial charge on any atom is 0.289 e. The first-order valence-electron chi connectivity index (χ1n) is 8.27. The zero-order valence-corrected chi connectivity index (χ0v) is 16.0. The smallest absolute Gasteiger partial charge is 0.289 e. The number of aryl methyl sites for hydroxylation is 2. The van der Waals surface area contributed by atoms with Gasteiger partial charge in [-0.25, -0.2) is 0 Å². The molecule has 1 fully saturated rings. The van der Waals surface area contributed by atoms with Gasteiger partial charge in [0.05, 0.1) is 23.0 Å². The van der Waals surface area contributed by atoms with Crippen LogP contribution in [-0.2, 0) is 6.54 Å². The first-order chi connectivity index (χ1) is 11.9. The number of halogens is 1. The van der Waals surface area contributed by atoms with Gasteiger partial charge in [0.2, 0.25) is 0 Å². The Morgan fingerprint density at radius 3 is 2.84 bits per heavy atom. The predicted octanol–water partition coefficient (Wildman–Crippen LogP) is 2.46. The molecule has 1 N–H and O–H groups in total. The largest absolute Gasteiger partial charge is 0.459 e. The lowest BCUT2D eigenvalue weighted by atomic mass is 10.1. The maximum absolute atomic E-state index is 12.6. The Bertz CT molecular complexity index is 798. The van der Waals surface area contributed by atoms with Gasteiger partial charge in [0.1, 0.15) is 5.69 Å². The van der Waals surface area contributed by atoms with Crippen molar-refractivity contribution < 1.29 is 14.0 Å². The van der Waals surface area contributed by atoms with Crippen molar-refractivity contribution in [2.75, 3.05) is 13.1 Å². The number of rotatable bonds is 4. The van der Waals surface area contributed by atoms with Crippen LogP contribution in [0.1, 0.15) is 40.5 Å². The van der Waals surface area contributed by atoms with Crippen LogP contribution in [0.5, 0.6) is 0 Å². The highest BCUT2D eigenvalue weighted by Gasteiger charge is 2.35. The van der Waals surface area contributed by atoms with Crippen molar-refractivity contribution >= 4 is 27.7 Å². The normalized spacial score (nSPS) is 20.1. The fourth-order valence-electron chi connectivity index (χ4n) is 3.12. The minimum Gasteiger partial charge on any atom is -0.459 e. The summed E-state index contributed by atoms with van der Waals surface area (Å²) in [4.78, 5) is 27.0. The monoisotopic (exact) mass is 408 g/mol. The van der Waals surface area contributed by atoms with Gasteiger partial charge in [-0.15, -0.1) is 0 Å². The fourth-order valence-corrected chi connectivity index (χ4v) is 3.60. The molecular weight excluding hydrogens is 388 g/mol. The van der Waals surface area contributed by atoms with Crippen LogP contribution in [-0.4, -0.2) is 45.6 Å². The van der Waals surface area contributed by atoms with Gasteiger partial charge in [0, 0.05) is 25.2 Å². The molecule has 0 spiro atoms. The van der Waals surface area contributed by atoms with Gasteiger partial charge in [-0.3, -0.25) is 14.3 Å². The van der Waals surface area contributed by atoms with E-state index in [2.05, 4.69) is 26.3 Å². The number of carbonyl (C=O) groups is 2. The van der Waals surface area contributed by atoms with E-state index in [1.165, 1.54) is 6.26 Å². The molecule has 0 aromatic carbocycles. The number of hydrogen-bond acceptors (Lipinski definition) is 4. The highest BCUT2D eigenvalue weighted by molar-refractivity contribution is 9.10. The third-order valence-electron chi connectivity index (χ3n) is 4.58. The molecule has 0 unspecified atom stereocenters. The number of aromatic nitrogens is 2. The third-order valence-corrected chi connectivity index (χ3v) is 5.16. The Kier molecular flexibility index (Phi) is 4.99. The molecule has 1 aliphatic rings. The highest BCUT2D eigenvalue weighted by atomic mass is 79.9. The molecule has 2 atom stereocenters. The Hall–Kier alpha value is -2.09. The van der Waals surface area contributed by atoms with Gasteiger partial charge < -0.3 is 14.6 Å². The average Bonchev–Trinajstić information content (AvgIpc) is 3.26. The second kappa shape index (κ2) is 7.03. The standard InChI is InChI=1S/C17H21BrN4O3/c1-4-22-14(12(18)7-19-22)16(23)20-13-9-21(8-11(13)3)17(24)15-10(2)5-6-25-15/h5-7,11,13H,4,8-9H2,1-3H3,(H,20,23)/t11-,13+/m1/s1. The summed E-state index contributed by atoms with van der Waals surface area (Å²) in [6, 6.07) is 1.66. The van der Waals surface area contributed by atoms with Crippen molar-refractivity contribution in [3.63, 3.8) is 0 Å². The first-order valence-corrected chi connectivity index (χ1v) is 9.07. The molecule has 1 aliphatic heterocycles. The van der Waals surface area contributed by atoms with E-state index in [1.807, 2.05) is 20.8 Å². The molecule has 134 valence electrons. The molecule has 0 radical (unpaired) electrons. The summed E-state index contributed by atoms with van der Waals surface area (Å²) in [5, 5.41) is 7.20. The van der Waals surface area contributed by atoms with E-state index in [4.69, 9.17) is 4.42 Å². The minimum atomic E-state index is -0.188. The van der Waals surface area contributed by atoms with Crippen LogP contribution in [0, 0.1) is 12.8 Å². The van der Waals surface area contributed by atoms with Crippen molar-refractivity contribution in [1.82, 2.24) is 20.0 Å². The summed E-state index contributed by atoms with van der Waals surface area (Å²) in [5.74, 6) is 0.198. The second-order valence-electron chi connectivity index (χ2n) is 6.36. The molecule has 3 rings (SSSR count). The van der Waals surface area contributed by atoms with Gasteiger partial charge in [0.25, 0.3) is 11.8 Å². The summed E-state index contributed by atoms with van der Waals surface area (Å²) in [6.45, 7) is 7.46. The topological polar surface area (TPSA) is 80.4 Å². The molecule has 8 heteroatoms. The Labute approximate surface area is 154 Å². The molecule has 0 aliphatic carbocycles. The lowest BCUT2D eigenvalue weighted by molar-refractivity contribution is 0.0749. The molecule has 2 aromatic rings. The average molecular weight is 409 g/mol. The molecule has 1 saturated heterocycles. The molecule has 7 nitrogen and oxygen atoms in total. The van der Waals surface area contributed by atoms with E-state index < -0.39 is 0 Å². The van der Waals surface area contributed by atoms with E-state index >= 15 is 0 Å². The van der Waals surface area contributed by atoms with Crippen LogP contribution in [0.15, 0.2) is 27.4 Å². The quantitative estimate of drug-likeness (QED) is 0.842. The summed E-state index contributed by atoms with van der Waals surface area (Å²) < 4.78 is 7.61. The molecule has 0 bridgehead atoms. The van der Waals surface area contributed by atoms with Crippen molar-refractivity contribution in [3.05, 3.63) is 40.0 Å². The summed E-state index contributed by atoms with van der Waals surface area (Å²) in [7, 11) is 0. The summed E-state index contributed by atoms with van der Waals surface area (Å²) in [6.07, 6.45) is 3.14. The molecule has 3 heterocycles. The van der Waals surface area contributed by atoms with Crippen LogP contribution >= 0.6 is 15.9 Å². The zero-order chi connectivity index (χ0) is 18.1. The summed E-state index contributed by atoms with van der Waals surface area (Å²) >= 11 is 3.37. The van der Waals surface area contributed by atoms with E-state index in [1.54, 1.807) is 21.8 Å². The van der Waals surface area contributed by atoms with Gasteiger partial charge >= 0.3 is 0 Å². The Morgan fingerprint density at radius 2 is 2.20 bits per heavy atom. The zero-order valence-electron chi connectivity index (χ0n) is 14.5. The fraction of sp³-hybridized carbons (Fsp3) is 0.471. The highest BCUT2D eigenvalue weighted by Crippen LogP contribution is 2.22. The second-order valence-corrected chi connectivity index (χ2v) is 7.21. The number of likely N-dealkylation sites (tertiary alicyclic amines) is 1. The van der Waals surface area contributed by atoms with Crippen LogP contribution in [0.4, 0.5) is 0 Å². The molecule has 25 heavy (non-hydrogen) atoms. The van der Waals surface area contributed by atoms with Gasteiger partial charge in [0.15, 0.2) is 5.76 Å².